The Morgan fingerprint density at radius 2 is 0.875 bits per heavy atom. The molecule has 0 bridgehead atoms. The van der Waals surface area contributed by atoms with Crippen molar-refractivity contribution in [1.29, 1.82) is 0 Å². The zero-order chi connectivity index (χ0) is 17.5. The molecule has 0 spiro atoms. The fourth-order valence-electron chi connectivity index (χ4n) is 3.93. The number of hydrogen-bond acceptors (Lipinski definition) is 4. The summed E-state index contributed by atoms with van der Waals surface area (Å²) in [4.78, 5) is 24.2. The average molecular weight is 322 g/mol. The van der Waals surface area contributed by atoms with Gasteiger partial charge in [0.2, 0.25) is 0 Å². The molecule has 2 aromatic rings. The van der Waals surface area contributed by atoms with E-state index in [1.54, 1.807) is 13.8 Å². The summed E-state index contributed by atoms with van der Waals surface area (Å²) in [5.74, 6) is 0.578. The highest BCUT2D eigenvalue weighted by molar-refractivity contribution is 6.19. The van der Waals surface area contributed by atoms with Crippen molar-refractivity contribution in [3.05, 3.63) is 32.7 Å². The van der Waals surface area contributed by atoms with Gasteiger partial charge in [0, 0.05) is 32.4 Å². The smallest absolute Gasteiger partial charge is 0.339 e. The van der Waals surface area contributed by atoms with Crippen LogP contribution in [0.25, 0.3) is 21.9 Å². The van der Waals surface area contributed by atoms with Crippen LogP contribution in [0.2, 0.25) is 0 Å². The van der Waals surface area contributed by atoms with Crippen LogP contribution in [0.3, 0.4) is 0 Å². The summed E-state index contributed by atoms with van der Waals surface area (Å²) < 4.78 is 11.2. The predicted molar refractivity (Wildman–Crippen MR) is 91.6 cm³/mol. The third-order valence-electron chi connectivity index (χ3n) is 5.54. The Morgan fingerprint density at radius 1 is 0.542 bits per heavy atom. The molecular formula is C20H18O4. The van der Waals surface area contributed by atoms with Crippen molar-refractivity contribution in [2.75, 3.05) is 0 Å². The number of esters is 2. The second-order valence-corrected chi connectivity index (χ2v) is 6.69. The van der Waals surface area contributed by atoms with E-state index in [0.29, 0.717) is 22.6 Å². The highest BCUT2D eigenvalue weighted by atomic mass is 16.5. The Balaban J connectivity index is 2.38. The molecule has 0 amide bonds. The van der Waals surface area contributed by atoms with Crippen LogP contribution in [0.4, 0.5) is 0 Å². The molecule has 0 N–H and O–H groups in total. The summed E-state index contributed by atoms with van der Waals surface area (Å²) >= 11 is 0. The van der Waals surface area contributed by atoms with Crippen LogP contribution in [-0.4, -0.2) is 11.9 Å². The molecule has 122 valence electrons. The van der Waals surface area contributed by atoms with E-state index in [1.165, 1.54) is 0 Å². The molecule has 0 atom stereocenters. The second-order valence-electron chi connectivity index (χ2n) is 6.69. The quantitative estimate of drug-likeness (QED) is 0.551. The van der Waals surface area contributed by atoms with E-state index >= 15 is 0 Å². The monoisotopic (exact) mass is 322 g/mol. The van der Waals surface area contributed by atoms with Crippen molar-refractivity contribution in [1.82, 2.24) is 0 Å². The molecule has 0 saturated heterocycles. The van der Waals surface area contributed by atoms with Gasteiger partial charge in [-0.05, 0) is 63.8 Å². The SMILES string of the molecule is CC1=c2c(C)c(C)c3c4c(c(C)c(C)c3c2OC1=O)=C(C)C(=O)O4. The summed E-state index contributed by atoms with van der Waals surface area (Å²) in [5, 5.41) is 3.49. The van der Waals surface area contributed by atoms with Gasteiger partial charge < -0.3 is 9.47 Å². The van der Waals surface area contributed by atoms with E-state index in [1.807, 2.05) is 27.7 Å². The van der Waals surface area contributed by atoms with Gasteiger partial charge >= 0.3 is 11.9 Å². The van der Waals surface area contributed by atoms with Gasteiger partial charge in [0.25, 0.3) is 0 Å². The average Bonchev–Trinajstić information content (AvgIpc) is 2.99. The molecule has 0 fully saturated rings. The number of carbonyl (C=O) groups excluding carboxylic acids is 2. The Kier molecular flexibility index (Phi) is 2.78. The first-order valence-electron chi connectivity index (χ1n) is 7.97. The number of rotatable bonds is 0. The largest absolute Gasteiger partial charge is 0.422 e. The maximum atomic E-state index is 12.1. The molecule has 2 aromatic carbocycles. The first-order valence-corrected chi connectivity index (χ1v) is 7.97. The van der Waals surface area contributed by atoms with E-state index in [9.17, 15) is 9.59 Å². The molecule has 0 aliphatic carbocycles. The molecule has 2 aliphatic heterocycles. The summed E-state index contributed by atoms with van der Waals surface area (Å²) in [5.41, 5.74) is 5.28. The van der Waals surface area contributed by atoms with Gasteiger partial charge in [-0.2, -0.15) is 0 Å². The number of carbonyl (C=O) groups is 2. The molecule has 2 heterocycles. The van der Waals surface area contributed by atoms with Gasteiger partial charge in [-0.15, -0.1) is 0 Å². The van der Waals surface area contributed by atoms with Gasteiger partial charge in [-0.3, -0.25) is 0 Å². The standard InChI is InChI=1S/C20H18O4/c1-7-9(3)15-16(17-13(7)11(5)19(21)23-17)10(4)8(2)14-12(6)20(22)24-18(14)15/h1-6H3. The zero-order valence-corrected chi connectivity index (χ0v) is 14.6. The molecular weight excluding hydrogens is 304 g/mol. The topological polar surface area (TPSA) is 52.6 Å². The molecule has 4 heteroatoms. The third kappa shape index (κ3) is 1.53. The second kappa shape index (κ2) is 4.47. The number of ether oxygens (including phenoxy) is 2. The molecule has 0 aromatic heterocycles. The van der Waals surface area contributed by atoms with Crippen LogP contribution in [0.5, 0.6) is 11.5 Å². The van der Waals surface area contributed by atoms with E-state index < -0.39 is 0 Å². The summed E-state index contributed by atoms with van der Waals surface area (Å²) in [6.45, 7) is 11.6. The van der Waals surface area contributed by atoms with Gasteiger partial charge in [0.1, 0.15) is 11.5 Å². The molecule has 0 unspecified atom stereocenters. The Hall–Kier alpha value is -2.62. The molecule has 4 rings (SSSR count). The van der Waals surface area contributed by atoms with Gasteiger partial charge in [-0.25, -0.2) is 9.59 Å². The van der Waals surface area contributed by atoms with Gasteiger partial charge in [0.15, 0.2) is 0 Å². The van der Waals surface area contributed by atoms with Crippen molar-refractivity contribution >= 4 is 33.9 Å². The first kappa shape index (κ1) is 14.9. The minimum absolute atomic E-state index is 0.308. The van der Waals surface area contributed by atoms with Crippen LogP contribution in [-0.2, 0) is 9.59 Å². The summed E-state index contributed by atoms with van der Waals surface area (Å²) in [7, 11) is 0. The van der Waals surface area contributed by atoms with Gasteiger partial charge in [0.05, 0.1) is 0 Å². The third-order valence-corrected chi connectivity index (χ3v) is 5.54. The van der Waals surface area contributed by atoms with Crippen LogP contribution in [0.15, 0.2) is 0 Å². The fraction of sp³-hybridized carbons (Fsp3) is 0.300. The van der Waals surface area contributed by atoms with E-state index in [4.69, 9.17) is 9.47 Å². The predicted octanol–water partition coefficient (Wildman–Crippen LogP) is 2.25. The molecule has 24 heavy (non-hydrogen) atoms. The lowest BCUT2D eigenvalue weighted by Crippen LogP contribution is -2.15. The lowest BCUT2D eigenvalue weighted by molar-refractivity contribution is -0.128. The van der Waals surface area contributed by atoms with E-state index in [0.717, 1.165) is 43.5 Å². The maximum Gasteiger partial charge on any atom is 0.339 e. The van der Waals surface area contributed by atoms with Gasteiger partial charge in [-0.1, -0.05) is 0 Å². The Labute approximate surface area is 139 Å². The van der Waals surface area contributed by atoms with Crippen LogP contribution >= 0.6 is 0 Å². The van der Waals surface area contributed by atoms with E-state index in [2.05, 4.69) is 0 Å². The number of hydrogen-bond donors (Lipinski definition) is 0. The summed E-state index contributed by atoms with van der Waals surface area (Å²) in [6, 6.07) is 0. The van der Waals surface area contributed by atoms with Crippen LogP contribution in [0.1, 0.15) is 36.1 Å². The highest BCUT2D eigenvalue weighted by Crippen LogP contribution is 2.39. The minimum Gasteiger partial charge on any atom is -0.422 e. The lowest BCUT2D eigenvalue weighted by Gasteiger charge is -2.16. The lowest BCUT2D eigenvalue weighted by atomic mass is 9.90. The van der Waals surface area contributed by atoms with Crippen LogP contribution < -0.4 is 19.9 Å². The normalized spacial score (nSPS) is 15.8. The Morgan fingerprint density at radius 3 is 1.21 bits per heavy atom. The van der Waals surface area contributed by atoms with Crippen molar-refractivity contribution < 1.29 is 19.1 Å². The fourth-order valence-corrected chi connectivity index (χ4v) is 3.93. The van der Waals surface area contributed by atoms with Crippen LogP contribution in [0, 0.1) is 27.7 Å². The van der Waals surface area contributed by atoms with Crippen molar-refractivity contribution in [2.24, 2.45) is 0 Å². The van der Waals surface area contributed by atoms with Crippen molar-refractivity contribution in [2.45, 2.75) is 41.5 Å². The van der Waals surface area contributed by atoms with E-state index in [-0.39, 0.29) is 11.9 Å². The first-order chi connectivity index (χ1) is 11.3. The number of fused-ring (bicyclic) bond motifs is 5. The number of benzene rings is 2. The minimum atomic E-state index is -0.308. The van der Waals surface area contributed by atoms with Crippen molar-refractivity contribution in [3.8, 4) is 11.5 Å². The molecule has 4 nitrogen and oxygen atoms in total. The highest BCUT2D eigenvalue weighted by Gasteiger charge is 2.31. The number of aryl methyl sites for hydroxylation is 2. The molecule has 0 saturated carbocycles. The zero-order valence-electron chi connectivity index (χ0n) is 14.6. The Bertz CT molecular complexity index is 1040. The molecule has 0 radical (unpaired) electrons. The summed E-state index contributed by atoms with van der Waals surface area (Å²) in [6.07, 6.45) is 0. The maximum absolute atomic E-state index is 12.1. The van der Waals surface area contributed by atoms with Crippen molar-refractivity contribution in [3.63, 3.8) is 0 Å². The molecule has 2 aliphatic rings.